The van der Waals surface area contributed by atoms with Crippen molar-refractivity contribution in [2.24, 2.45) is 4.99 Å². The van der Waals surface area contributed by atoms with Crippen LogP contribution in [0, 0.1) is 13.8 Å². The molecule has 34 heavy (non-hydrogen) atoms. The maximum atomic E-state index is 13.3. The zero-order valence-corrected chi connectivity index (χ0v) is 21.1. The van der Waals surface area contributed by atoms with Crippen LogP contribution >= 0.6 is 12.4 Å². The number of carbonyl (C=O) groups excluding carboxylic acids is 1. The Morgan fingerprint density at radius 2 is 1.79 bits per heavy atom. The molecule has 178 valence electrons. The summed E-state index contributed by atoms with van der Waals surface area (Å²) in [5, 5.41) is 5.01. The number of aryl methyl sites for hydroxylation is 3. The van der Waals surface area contributed by atoms with E-state index in [1.54, 1.807) is 0 Å². The molecule has 2 aliphatic rings. The molecule has 0 radical (unpaired) electrons. The number of nitrogens with one attached hydrogen (secondary N) is 1. The summed E-state index contributed by atoms with van der Waals surface area (Å²) in [5.41, 5.74) is 6.01. The lowest BCUT2D eigenvalue weighted by Crippen LogP contribution is -2.14. The highest BCUT2D eigenvalue weighted by molar-refractivity contribution is 6.00. The molecule has 1 aliphatic heterocycles. The summed E-state index contributed by atoms with van der Waals surface area (Å²) in [7, 11) is 0. The van der Waals surface area contributed by atoms with Crippen LogP contribution in [0.5, 0.6) is 5.75 Å². The third-order valence-corrected chi connectivity index (χ3v) is 5.84. The van der Waals surface area contributed by atoms with E-state index in [1.807, 2.05) is 76.2 Å². The van der Waals surface area contributed by atoms with Gasteiger partial charge in [0, 0.05) is 30.9 Å². The lowest BCUT2D eigenvalue weighted by molar-refractivity contribution is 0.0736. The van der Waals surface area contributed by atoms with Crippen LogP contribution in [0.3, 0.4) is 0 Å². The van der Waals surface area contributed by atoms with Crippen molar-refractivity contribution in [2.75, 3.05) is 18.4 Å². The first-order chi connectivity index (χ1) is 16.0. The number of ether oxygens (including phenoxy) is 1. The van der Waals surface area contributed by atoms with Crippen molar-refractivity contribution in [3.05, 3.63) is 76.1 Å². The molecule has 0 fully saturated rings. The second-order valence-corrected chi connectivity index (χ2v) is 8.13. The van der Waals surface area contributed by atoms with E-state index in [4.69, 9.17) is 9.15 Å². The lowest BCUT2D eigenvalue weighted by atomic mass is 10.0. The fourth-order valence-corrected chi connectivity index (χ4v) is 4.16. The molecule has 0 aromatic heterocycles. The summed E-state index contributed by atoms with van der Waals surface area (Å²) >= 11 is 0. The Hall–Kier alpha value is -3.31. The molecule has 0 spiro atoms. The van der Waals surface area contributed by atoms with E-state index in [0.29, 0.717) is 29.2 Å². The number of nitrogens with zero attached hydrogens (tertiary/aromatic N) is 1. The molecule has 0 saturated heterocycles. The molecular weight excluding hydrogens is 448 g/mol. The predicted octanol–water partition coefficient (Wildman–Crippen LogP) is 6.71. The fraction of sp³-hybridized carbons (Fsp3) is 0.286. The van der Waals surface area contributed by atoms with Crippen molar-refractivity contribution in [1.29, 1.82) is 0 Å². The van der Waals surface area contributed by atoms with Gasteiger partial charge < -0.3 is 14.5 Å². The molecule has 2 aromatic rings. The Labute approximate surface area is 206 Å². The molecule has 6 heteroatoms. The molecule has 0 bridgehead atoms. The van der Waals surface area contributed by atoms with E-state index in [9.17, 15) is 4.79 Å². The Morgan fingerprint density at radius 3 is 2.50 bits per heavy atom. The number of hydrogen-bond donors (Lipinski definition) is 1. The number of carbonyl (C=O) groups is 1. The summed E-state index contributed by atoms with van der Waals surface area (Å²) < 4.78 is 12.4. The number of benzene rings is 3. The van der Waals surface area contributed by atoms with Crippen LogP contribution in [0.4, 0.5) is 5.69 Å². The SMILES string of the molecule is CCN=c1cc2oc3cc(NCC)c(C)cc3c(OC(=O)c3ccccc3CC)c-2cc1C.Cl. The number of halogens is 1. The highest BCUT2D eigenvalue weighted by Gasteiger charge is 2.23. The smallest absolute Gasteiger partial charge is 0.343 e. The van der Waals surface area contributed by atoms with Gasteiger partial charge in [-0.05, 0) is 69.0 Å². The van der Waals surface area contributed by atoms with Gasteiger partial charge in [0.2, 0.25) is 0 Å². The standard InChI is InChI=1S/C28H30N2O3.ClH/c1-6-19-11-9-10-12-20(19)28(31)33-27-21-13-17(4)23(29-7-2)15-25(21)32-26-16-24(30-8-3)18(5)14-22(26)27;/h9-16,29H,6-8H2,1-5H3;1H. The van der Waals surface area contributed by atoms with Gasteiger partial charge in [0.05, 0.1) is 21.9 Å². The Kier molecular flexibility index (Phi) is 8.00. The van der Waals surface area contributed by atoms with Crippen LogP contribution in [0.2, 0.25) is 0 Å². The first kappa shape index (κ1) is 25.3. The second kappa shape index (κ2) is 10.7. The van der Waals surface area contributed by atoms with E-state index < -0.39 is 0 Å². The van der Waals surface area contributed by atoms with Crippen molar-refractivity contribution < 1.29 is 13.9 Å². The van der Waals surface area contributed by atoms with Crippen LogP contribution in [0.25, 0.3) is 22.3 Å². The van der Waals surface area contributed by atoms with Crippen LogP contribution in [-0.2, 0) is 6.42 Å². The monoisotopic (exact) mass is 478 g/mol. The average molecular weight is 479 g/mol. The van der Waals surface area contributed by atoms with Gasteiger partial charge in [0.1, 0.15) is 11.3 Å². The summed E-state index contributed by atoms with van der Waals surface area (Å²) in [5.74, 6) is 0.785. The molecule has 1 aliphatic carbocycles. The molecule has 1 heterocycles. The summed E-state index contributed by atoms with van der Waals surface area (Å²) in [4.78, 5) is 17.9. The lowest BCUT2D eigenvalue weighted by Gasteiger charge is -2.18. The van der Waals surface area contributed by atoms with E-state index in [2.05, 4.69) is 17.2 Å². The van der Waals surface area contributed by atoms with Crippen LogP contribution < -0.4 is 15.4 Å². The fourth-order valence-electron chi connectivity index (χ4n) is 4.16. The number of esters is 1. The number of fused-ring (bicyclic) bond motifs is 2. The molecule has 2 aromatic carbocycles. The van der Waals surface area contributed by atoms with Crippen molar-refractivity contribution in [1.82, 2.24) is 0 Å². The summed E-state index contributed by atoms with van der Waals surface area (Å²) in [6.45, 7) is 11.6. The molecule has 4 rings (SSSR count). The van der Waals surface area contributed by atoms with Gasteiger partial charge in [-0.3, -0.25) is 4.99 Å². The molecule has 0 saturated carbocycles. The zero-order valence-electron chi connectivity index (χ0n) is 20.3. The maximum absolute atomic E-state index is 13.3. The highest BCUT2D eigenvalue weighted by atomic mass is 35.5. The van der Waals surface area contributed by atoms with Crippen molar-refractivity contribution in [2.45, 2.75) is 41.0 Å². The minimum absolute atomic E-state index is 0. The maximum Gasteiger partial charge on any atom is 0.343 e. The average Bonchev–Trinajstić information content (AvgIpc) is 2.81. The summed E-state index contributed by atoms with van der Waals surface area (Å²) in [6.07, 6.45) is 0.753. The third kappa shape index (κ3) is 4.80. The Bertz CT molecular complexity index is 1370. The highest BCUT2D eigenvalue weighted by Crippen LogP contribution is 2.41. The van der Waals surface area contributed by atoms with Gasteiger partial charge in [-0.1, -0.05) is 25.1 Å². The van der Waals surface area contributed by atoms with Crippen LogP contribution in [0.15, 0.2) is 57.9 Å². The number of hydrogen-bond acceptors (Lipinski definition) is 5. The van der Waals surface area contributed by atoms with Crippen LogP contribution in [0.1, 0.15) is 47.8 Å². The van der Waals surface area contributed by atoms with Crippen LogP contribution in [-0.4, -0.2) is 19.1 Å². The van der Waals surface area contributed by atoms with E-state index in [1.165, 1.54) is 0 Å². The molecule has 0 atom stereocenters. The molecule has 5 nitrogen and oxygen atoms in total. The van der Waals surface area contributed by atoms with Gasteiger partial charge in [0.25, 0.3) is 0 Å². The summed E-state index contributed by atoms with van der Waals surface area (Å²) in [6, 6.07) is 15.5. The minimum Gasteiger partial charge on any atom is -0.456 e. The largest absolute Gasteiger partial charge is 0.456 e. The van der Waals surface area contributed by atoms with Gasteiger partial charge >= 0.3 is 5.97 Å². The Morgan fingerprint density at radius 1 is 1.03 bits per heavy atom. The molecule has 1 N–H and O–H groups in total. The van der Waals surface area contributed by atoms with Gasteiger partial charge in [-0.15, -0.1) is 12.4 Å². The van der Waals surface area contributed by atoms with E-state index in [0.717, 1.165) is 51.7 Å². The molecular formula is C28H31ClN2O3. The van der Waals surface area contributed by atoms with E-state index >= 15 is 0 Å². The topological polar surface area (TPSA) is 63.8 Å². The molecule has 0 amide bonds. The number of rotatable bonds is 6. The van der Waals surface area contributed by atoms with Crippen molar-refractivity contribution >= 4 is 35.0 Å². The molecule has 0 unspecified atom stereocenters. The first-order valence-corrected chi connectivity index (χ1v) is 11.5. The zero-order chi connectivity index (χ0) is 23.5. The third-order valence-electron chi connectivity index (χ3n) is 5.84. The second-order valence-electron chi connectivity index (χ2n) is 8.13. The minimum atomic E-state index is -0.366. The Balaban J connectivity index is 0.00000324. The van der Waals surface area contributed by atoms with Crippen molar-refractivity contribution in [3.63, 3.8) is 0 Å². The van der Waals surface area contributed by atoms with Gasteiger partial charge in [-0.2, -0.15) is 0 Å². The van der Waals surface area contributed by atoms with Gasteiger partial charge in [0.15, 0.2) is 5.75 Å². The van der Waals surface area contributed by atoms with E-state index in [-0.39, 0.29) is 18.4 Å². The van der Waals surface area contributed by atoms with Gasteiger partial charge in [-0.25, -0.2) is 4.79 Å². The van der Waals surface area contributed by atoms with Crippen molar-refractivity contribution in [3.8, 4) is 17.1 Å². The first-order valence-electron chi connectivity index (χ1n) is 11.5. The quantitative estimate of drug-likeness (QED) is 0.247. The predicted molar refractivity (Wildman–Crippen MR) is 141 cm³/mol. The normalized spacial score (nSPS) is 11.5. The number of anilines is 1.